The Morgan fingerprint density at radius 3 is 2.72 bits per heavy atom. The van der Waals surface area contributed by atoms with Crippen molar-refractivity contribution in [3.8, 4) is 0 Å². The van der Waals surface area contributed by atoms with Gasteiger partial charge in [0.1, 0.15) is 17.2 Å². The Hall–Kier alpha value is -2.81. The molecule has 3 aromatic rings. The third-order valence-electron chi connectivity index (χ3n) is 3.78. The molecular weight excluding hydrogens is 330 g/mol. The lowest BCUT2D eigenvalue weighted by atomic mass is 10.2. The van der Waals surface area contributed by atoms with Crippen LogP contribution in [0.4, 0.5) is 14.7 Å². The summed E-state index contributed by atoms with van der Waals surface area (Å²) in [7, 11) is 1.86. The number of fused-ring (bicyclic) bond motifs is 1. The van der Waals surface area contributed by atoms with Gasteiger partial charge in [-0.3, -0.25) is 4.57 Å². The van der Waals surface area contributed by atoms with E-state index in [2.05, 4.69) is 25.6 Å². The van der Waals surface area contributed by atoms with Crippen molar-refractivity contribution >= 4 is 17.1 Å². The summed E-state index contributed by atoms with van der Waals surface area (Å²) >= 11 is 0. The molecule has 3 N–H and O–H groups in total. The highest BCUT2D eigenvalue weighted by atomic mass is 19.1. The number of rotatable bonds is 7. The zero-order chi connectivity index (χ0) is 17.8. The average Bonchev–Trinajstić information content (AvgIpc) is 2.90. The molecule has 0 fully saturated rings. The van der Waals surface area contributed by atoms with Gasteiger partial charge in [-0.1, -0.05) is 6.07 Å². The van der Waals surface area contributed by atoms with E-state index in [9.17, 15) is 13.6 Å². The number of nitrogens with zero attached hydrogens (tertiary/aromatic N) is 3. The predicted octanol–water partition coefficient (Wildman–Crippen LogP) is 1.47. The number of hydrogen-bond donors (Lipinski definition) is 3. The summed E-state index contributed by atoms with van der Waals surface area (Å²) in [4.78, 5) is 23.2. The average molecular weight is 348 g/mol. The Morgan fingerprint density at radius 2 is 2.00 bits per heavy atom. The maximum Gasteiger partial charge on any atom is 0.328 e. The number of halogens is 2. The van der Waals surface area contributed by atoms with E-state index in [0.717, 1.165) is 25.1 Å². The summed E-state index contributed by atoms with van der Waals surface area (Å²) in [5, 5.41) is 6.09. The number of hydrogen-bond acceptors (Lipinski definition) is 5. The molecule has 1 aromatic carbocycles. The Kier molecular flexibility index (Phi) is 5.03. The molecule has 2 heterocycles. The van der Waals surface area contributed by atoms with E-state index < -0.39 is 17.3 Å². The molecule has 0 aliphatic heterocycles. The third kappa shape index (κ3) is 3.66. The summed E-state index contributed by atoms with van der Waals surface area (Å²) in [6, 6.07) is 3.59. The second-order valence-electron chi connectivity index (χ2n) is 5.53. The number of anilines is 1. The first kappa shape index (κ1) is 17.0. The van der Waals surface area contributed by atoms with Gasteiger partial charge in [0.2, 0.25) is 5.95 Å². The lowest BCUT2D eigenvalue weighted by Gasteiger charge is -2.07. The van der Waals surface area contributed by atoms with Crippen LogP contribution in [0.5, 0.6) is 0 Å². The minimum Gasteiger partial charge on any atom is -0.354 e. The molecule has 25 heavy (non-hydrogen) atoms. The molecule has 0 amide bonds. The second kappa shape index (κ2) is 7.39. The van der Waals surface area contributed by atoms with Gasteiger partial charge in [0, 0.05) is 12.1 Å². The third-order valence-corrected chi connectivity index (χ3v) is 3.78. The van der Waals surface area contributed by atoms with E-state index >= 15 is 0 Å². The van der Waals surface area contributed by atoms with Crippen molar-refractivity contribution in [3.05, 3.63) is 52.1 Å². The Balaban J connectivity index is 1.92. The van der Waals surface area contributed by atoms with Crippen LogP contribution in [-0.2, 0) is 6.54 Å². The Bertz CT molecular complexity index is 916. The van der Waals surface area contributed by atoms with Crippen LogP contribution >= 0.6 is 0 Å². The Labute approximate surface area is 142 Å². The van der Waals surface area contributed by atoms with Gasteiger partial charge in [-0.15, -0.1) is 0 Å². The van der Waals surface area contributed by atoms with E-state index in [-0.39, 0.29) is 12.1 Å². The minimum atomic E-state index is -0.708. The topological polar surface area (TPSA) is 87.6 Å². The first-order valence-corrected chi connectivity index (χ1v) is 7.87. The highest BCUT2D eigenvalue weighted by Gasteiger charge is 2.15. The summed E-state index contributed by atoms with van der Waals surface area (Å²) < 4.78 is 28.9. The number of imidazole rings is 1. The maximum atomic E-state index is 13.9. The molecule has 2 aromatic heterocycles. The van der Waals surface area contributed by atoms with Crippen LogP contribution in [0.3, 0.4) is 0 Å². The van der Waals surface area contributed by atoms with Gasteiger partial charge in [-0.2, -0.15) is 4.98 Å². The van der Waals surface area contributed by atoms with Crippen molar-refractivity contribution in [1.29, 1.82) is 0 Å². The van der Waals surface area contributed by atoms with Gasteiger partial charge in [-0.05, 0) is 32.1 Å². The largest absolute Gasteiger partial charge is 0.354 e. The molecule has 132 valence electrons. The molecule has 3 rings (SSSR count). The standard InChI is InChI=1S/C16H18F2N6O/c1-19-6-3-7-20-15-21-8-13-14(23-15)24(16(25)22-13)9-10-11(17)4-2-5-12(10)18/h2,4-5,8,19H,3,6-7,9H2,1H3,(H,22,25)(H,20,21,23). The Morgan fingerprint density at radius 1 is 1.24 bits per heavy atom. The van der Waals surface area contributed by atoms with Gasteiger partial charge in [0.15, 0.2) is 5.65 Å². The van der Waals surface area contributed by atoms with Gasteiger partial charge < -0.3 is 15.6 Å². The van der Waals surface area contributed by atoms with Crippen LogP contribution in [0.15, 0.2) is 29.2 Å². The molecule has 7 nitrogen and oxygen atoms in total. The number of aromatic nitrogens is 4. The smallest absolute Gasteiger partial charge is 0.328 e. The van der Waals surface area contributed by atoms with E-state index in [1.165, 1.54) is 16.8 Å². The van der Waals surface area contributed by atoms with Gasteiger partial charge in [0.25, 0.3) is 0 Å². The van der Waals surface area contributed by atoms with Gasteiger partial charge in [-0.25, -0.2) is 18.6 Å². The van der Waals surface area contributed by atoms with Crippen LogP contribution in [0, 0.1) is 11.6 Å². The summed E-state index contributed by atoms with van der Waals surface area (Å²) in [5.74, 6) is -1.06. The fourth-order valence-electron chi connectivity index (χ4n) is 2.48. The van der Waals surface area contributed by atoms with Gasteiger partial charge in [0.05, 0.1) is 12.7 Å². The number of H-pyrrole nitrogens is 1. The molecule has 0 saturated heterocycles. The van der Waals surface area contributed by atoms with Crippen molar-refractivity contribution in [1.82, 2.24) is 24.8 Å². The zero-order valence-corrected chi connectivity index (χ0v) is 13.6. The second-order valence-corrected chi connectivity index (χ2v) is 5.53. The lowest BCUT2D eigenvalue weighted by Crippen LogP contribution is -2.19. The van der Waals surface area contributed by atoms with E-state index in [0.29, 0.717) is 23.7 Å². The molecule has 9 heteroatoms. The highest BCUT2D eigenvalue weighted by molar-refractivity contribution is 5.71. The number of aromatic amines is 1. The molecule has 0 bridgehead atoms. The van der Waals surface area contributed by atoms with E-state index in [1.54, 1.807) is 0 Å². The van der Waals surface area contributed by atoms with E-state index in [4.69, 9.17) is 0 Å². The fraction of sp³-hybridized carbons (Fsp3) is 0.312. The molecule has 0 saturated carbocycles. The van der Waals surface area contributed by atoms with E-state index in [1.807, 2.05) is 7.05 Å². The van der Waals surface area contributed by atoms with Crippen molar-refractivity contribution in [2.24, 2.45) is 0 Å². The maximum absolute atomic E-state index is 13.9. The number of nitrogens with one attached hydrogen (secondary N) is 3. The summed E-state index contributed by atoms with van der Waals surface area (Å²) in [6.45, 7) is 1.24. The molecule has 0 aliphatic rings. The molecule has 0 aliphatic carbocycles. The van der Waals surface area contributed by atoms with Gasteiger partial charge >= 0.3 is 5.69 Å². The normalized spacial score (nSPS) is 11.2. The minimum absolute atomic E-state index is 0.187. The van der Waals surface area contributed by atoms with Crippen molar-refractivity contribution in [2.75, 3.05) is 25.5 Å². The van der Waals surface area contributed by atoms with Crippen LogP contribution in [-0.4, -0.2) is 39.7 Å². The quantitative estimate of drug-likeness (QED) is 0.563. The first-order valence-electron chi connectivity index (χ1n) is 7.87. The lowest BCUT2D eigenvalue weighted by molar-refractivity contribution is 0.544. The SMILES string of the molecule is CNCCCNc1ncc2[nH]c(=O)n(Cc3c(F)cccc3F)c2n1. The van der Waals surface area contributed by atoms with Crippen molar-refractivity contribution in [2.45, 2.75) is 13.0 Å². The summed E-state index contributed by atoms with van der Waals surface area (Å²) in [5.41, 5.74) is 0.00761. The molecule has 0 unspecified atom stereocenters. The van der Waals surface area contributed by atoms with Crippen LogP contribution in [0.25, 0.3) is 11.2 Å². The molecule has 0 spiro atoms. The molecule has 0 radical (unpaired) electrons. The zero-order valence-electron chi connectivity index (χ0n) is 13.6. The fourth-order valence-corrected chi connectivity index (χ4v) is 2.48. The van der Waals surface area contributed by atoms with Crippen LogP contribution in [0.2, 0.25) is 0 Å². The monoisotopic (exact) mass is 348 g/mol. The van der Waals surface area contributed by atoms with Crippen LogP contribution in [0.1, 0.15) is 12.0 Å². The van der Waals surface area contributed by atoms with Crippen molar-refractivity contribution in [3.63, 3.8) is 0 Å². The first-order chi connectivity index (χ1) is 12.1. The summed E-state index contributed by atoms with van der Waals surface area (Å²) in [6.07, 6.45) is 2.34. The highest BCUT2D eigenvalue weighted by Crippen LogP contribution is 2.16. The molecular formula is C16H18F2N6O. The van der Waals surface area contributed by atoms with Crippen molar-refractivity contribution < 1.29 is 8.78 Å². The predicted molar refractivity (Wildman–Crippen MR) is 90.6 cm³/mol. The van der Waals surface area contributed by atoms with Crippen LogP contribution < -0.4 is 16.3 Å². The molecule has 0 atom stereocenters. The number of benzene rings is 1.